The van der Waals surface area contributed by atoms with Gasteiger partial charge in [-0.15, -0.1) is 0 Å². The van der Waals surface area contributed by atoms with Gasteiger partial charge in [-0.05, 0) is 45.2 Å². The van der Waals surface area contributed by atoms with E-state index in [4.69, 9.17) is 40.4 Å². The number of likely N-dealkylation sites (tertiary alicyclic amines) is 1. The van der Waals surface area contributed by atoms with Gasteiger partial charge in [-0.3, -0.25) is 9.59 Å². The van der Waals surface area contributed by atoms with Crippen LogP contribution >= 0.6 is 11.6 Å². The Balaban J connectivity index is 1.41. The topological polar surface area (TPSA) is 135 Å². The molecule has 0 bridgehead atoms. The molecule has 1 saturated heterocycles. The molecule has 0 aliphatic carbocycles. The number of nitrogens with zero attached hydrogens (tertiary/aromatic N) is 3. The van der Waals surface area contributed by atoms with Crippen molar-refractivity contribution in [1.29, 1.82) is 0 Å². The average molecular weight is 696 g/mol. The van der Waals surface area contributed by atoms with Gasteiger partial charge in [-0.2, -0.15) is 5.10 Å². The van der Waals surface area contributed by atoms with Crippen LogP contribution in [0.5, 0.6) is 28.7 Å². The molecule has 2 atom stereocenters. The van der Waals surface area contributed by atoms with Crippen LogP contribution < -0.4 is 25.5 Å². The third kappa shape index (κ3) is 5.23. The number of aryl methyl sites for hydroxylation is 1. The maximum absolute atomic E-state index is 17.0. The monoisotopic (exact) mass is 695 g/mol. The highest BCUT2D eigenvalue weighted by Gasteiger charge is 2.54. The molecule has 0 radical (unpaired) electrons. The SMILES string of the molecule is [2H]C([2H])([2H])n1ncc2c(c1=O)Oc1c(cc(C(N)=O)c(-c3c(Cl)c(F)cc4c3C[C@](c3ccccc3)([C@@H]3CCCN3C(=O)OC(C)(C)C)O4)c1F)O2. The summed E-state index contributed by atoms with van der Waals surface area (Å²) in [6.07, 6.45) is 1.32. The Morgan fingerprint density at radius 3 is 2.55 bits per heavy atom. The van der Waals surface area contributed by atoms with Crippen molar-refractivity contribution < 1.29 is 41.4 Å². The lowest BCUT2D eigenvalue weighted by Gasteiger charge is -2.40. The summed E-state index contributed by atoms with van der Waals surface area (Å²) in [6, 6.07) is 10.4. The van der Waals surface area contributed by atoms with E-state index in [9.17, 15) is 14.4 Å². The molecule has 7 rings (SSSR count). The van der Waals surface area contributed by atoms with Gasteiger partial charge >= 0.3 is 11.7 Å². The van der Waals surface area contributed by atoms with Crippen LogP contribution in [0.15, 0.2) is 53.5 Å². The Hall–Kier alpha value is -5.17. The number of nitrogens with two attached hydrogens (primary N) is 1. The number of carbonyl (C=O) groups is 2. The number of aromatic nitrogens is 2. The molecule has 254 valence electrons. The van der Waals surface area contributed by atoms with Crippen LogP contribution in [0.4, 0.5) is 13.6 Å². The molecule has 14 heteroatoms. The molecular formula is C35H31ClF2N4O7. The summed E-state index contributed by atoms with van der Waals surface area (Å²) in [5, 5.41) is 3.02. The number of benzene rings is 3. The van der Waals surface area contributed by atoms with E-state index in [1.807, 2.05) is 0 Å². The summed E-state index contributed by atoms with van der Waals surface area (Å²) in [6.45, 7) is 2.59. The highest BCUT2D eigenvalue weighted by molar-refractivity contribution is 6.34. The van der Waals surface area contributed by atoms with Crippen LogP contribution in [-0.4, -0.2) is 44.9 Å². The van der Waals surface area contributed by atoms with Gasteiger partial charge in [-0.1, -0.05) is 41.9 Å². The quantitative estimate of drug-likeness (QED) is 0.222. The fourth-order valence-electron chi connectivity index (χ4n) is 6.74. The zero-order valence-corrected chi connectivity index (χ0v) is 27.2. The predicted octanol–water partition coefficient (Wildman–Crippen LogP) is 6.61. The Morgan fingerprint density at radius 1 is 1.10 bits per heavy atom. The number of amides is 2. The van der Waals surface area contributed by atoms with Gasteiger partial charge in [0, 0.05) is 46.8 Å². The summed E-state index contributed by atoms with van der Waals surface area (Å²) in [5.41, 5.74) is 1.84. The number of hydrogen-bond acceptors (Lipinski definition) is 8. The van der Waals surface area contributed by atoms with Gasteiger partial charge in [0.2, 0.25) is 17.4 Å². The summed E-state index contributed by atoms with van der Waals surface area (Å²) >= 11 is 6.64. The van der Waals surface area contributed by atoms with Crippen molar-refractivity contribution in [3.05, 3.63) is 92.4 Å². The molecule has 0 unspecified atom stereocenters. The van der Waals surface area contributed by atoms with Crippen LogP contribution in [0.1, 0.15) is 59.2 Å². The predicted molar refractivity (Wildman–Crippen MR) is 173 cm³/mol. The van der Waals surface area contributed by atoms with Crippen LogP contribution in [-0.2, 0) is 23.7 Å². The zero-order valence-electron chi connectivity index (χ0n) is 29.4. The number of halogens is 3. The molecule has 4 aromatic rings. The normalized spacial score (nSPS) is 20.4. The van der Waals surface area contributed by atoms with Crippen molar-refractivity contribution in [2.24, 2.45) is 12.7 Å². The van der Waals surface area contributed by atoms with Crippen molar-refractivity contribution in [3.63, 3.8) is 0 Å². The summed E-state index contributed by atoms with van der Waals surface area (Å²) < 4.78 is 79.5. The fraction of sp³-hybridized carbons (Fsp3) is 0.314. The van der Waals surface area contributed by atoms with E-state index in [1.165, 1.54) is 0 Å². The van der Waals surface area contributed by atoms with E-state index in [1.54, 1.807) is 56.0 Å². The molecule has 2 N–H and O–H groups in total. The third-order valence-electron chi connectivity index (χ3n) is 8.73. The van der Waals surface area contributed by atoms with Crippen LogP contribution in [0.25, 0.3) is 11.1 Å². The Bertz CT molecular complexity index is 2230. The first kappa shape index (κ1) is 28.8. The molecule has 0 saturated carbocycles. The molecule has 3 aromatic carbocycles. The van der Waals surface area contributed by atoms with Crippen molar-refractivity contribution in [3.8, 4) is 39.9 Å². The molecule has 3 aliphatic rings. The number of hydrogen-bond donors (Lipinski definition) is 1. The van der Waals surface area contributed by atoms with E-state index in [0.717, 1.165) is 18.3 Å². The van der Waals surface area contributed by atoms with Gasteiger partial charge in [0.1, 0.15) is 17.2 Å². The zero-order chi connectivity index (χ0) is 37.5. The first-order chi connectivity index (χ1) is 24.4. The van der Waals surface area contributed by atoms with E-state index in [-0.39, 0.29) is 33.7 Å². The van der Waals surface area contributed by atoms with E-state index in [0.29, 0.717) is 24.9 Å². The number of ether oxygens (including phenoxy) is 4. The average Bonchev–Trinajstić information content (AvgIpc) is 3.71. The van der Waals surface area contributed by atoms with Gasteiger partial charge in [0.15, 0.2) is 22.9 Å². The fourth-order valence-corrected chi connectivity index (χ4v) is 7.00. The molecule has 1 aromatic heterocycles. The van der Waals surface area contributed by atoms with Gasteiger partial charge in [-0.25, -0.2) is 18.3 Å². The van der Waals surface area contributed by atoms with Gasteiger partial charge < -0.3 is 29.6 Å². The molecule has 1 fully saturated rings. The first-order valence-electron chi connectivity index (χ1n) is 16.8. The van der Waals surface area contributed by atoms with E-state index < -0.39 is 86.8 Å². The van der Waals surface area contributed by atoms with Crippen LogP contribution in [0.2, 0.25) is 5.02 Å². The highest BCUT2D eigenvalue weighted by atomic mass is 35.5. The lowest BCUT2D eigenvalue weighted by Crippen LogP contribution is -2.53. The minimum Gasteiger partial charge on any atom is -0.480 e. The minimum absolute atomic E-state index is 0.0292. The minimum atomic E-state index is -3.01. The van der Waals surface area contributed by atoms with Crippen LogP contribution in [0, 0.1) is 11.6 Å². The number of primary amides is 1. The van der Waals surface area contributed by atoms with E-state index >= 15 is 8.78 Å². The van der Waals surface area contributed by atoms with Crippen molar-refractivity contribution in [2.75, 3.05) is 6.54 Å². The number of rotatable bonds is 4. The maximum atomic E-state index is 17.0. The van der Waals surface area contributed by atoms with Gasteiger partial charge in [0.25, 0.3) is 0 Å². The summed E-state index contributed by atoms with van der Waals surface area (Å²) in [7, 11) is 0. The number of fused-ring (bicyclic) bond motifs is 3. The summed E-state index contributed by atoms with van der Waals surface area (Å²) in [4.78, 5) is 41.2. The van der Waals surface area contributed by atoms with E-state index in [2.05, 4.69) is 5.10 Å². The Labute approximate surface area is 288 Å². The molecule has 0 spiro atoms. The molecule has 4 heterocycles. The molecule has 11 nitrogen and oxygen atoms in total. The lowest BCUT2D eigenvalue weighted by atomic mass is 9.79. The molecule has 49 heavy (non-hydrogen) atoms. The largest absolute Gasteiger partial charge is 0.480 e. The number of carbonyl (C=O) groups excluding carboxylic acids is 2. The van der Waals surface area contributed by atoms with Crippen molar-refractivity contribution in [1.82, 2.24) is 14.7 Å². The Kier molecular flexibility index (Phi) is 6.74. The molecule has 2 amide bonds. The third-order valence-corrected chi connectivity index (χ3v) is 9.10. The second-order valence-corrected chi connectivity index (χ2v) is 13.3. The second-order valence-electron chi connectivity index (χ2n) is 13.0. The van der Waals surface area contributed by atoms with Crippen molar-refractivity contribution >= 4 is 23.6 Å². The van der Waals surface area contributed by atoms with Crippen molar-refractivity contribution in [2.45, 2.75) is 57.3 Å². The molecular weight excluding hydrogens is 662 g/mol. The standard InChI is InChI=1S/C35H31ClF2N4O7/c1-34(2,3)49-33(45)42-12-8-11-24(42)35(17-9-6-5-7-10-17)15-19-21(48-35)14-20(37)27(36)25(19)26-18(31(39)43)13-22-29(28(26)38)47-30-23(46-22)16-40-41(4)32(30)44/h5-7,9-10,13-14,16,24H,8,11-12,15H2,1-4H3,(H2,39,43)/t24-,35-/m0/s1/i4D3. The van der Waals surface area contributed by atoms with Crippen LogP contribution in [0.3, 0.4) is 0 Å². The Morgan fingerprint density at radius 2 is 1.86 bits per heavy atom. The summed E-state index contributed by atoms with van der Waals surface area (Å²) in [5.74, 6) is -5.66. The smallest absolute Gasteiger partial charge is 0.410 e. The lowest BCUT2D eigenvalue weighted by molar-refractivity contribution is -0.0216. The first-order valence-corrected chi connectivity index (χ1v) is 15.7. The maximum Gasteiger partial charge on any atom is 0.410 e. The molecule has 3 aliphatic heterocycles. The highest BCUT2D eigenvalue weighted by Crippen LogP contribution is 2.55. The van der Waals surface area contributed by atoms with Gasteiger partial charge in [0.05, 0.1) is 22.8 Å². The second kappa shape index (κ2) is 11.5.